The monoisotopic (exact) mass is 300 g/mol. The zero-order chi connectivity index (χ0) is 14.8. The lowest BCUT2D eigenvalue weighted by Gasteiger charge is -2.29. The topological polar surface area (TPSA) is 57.5 Å². The van der Waals surface area contributed by atoms with E-state index in [9.17, 15) is 0 Å². The minimum Gasteiger partial charge on any atom is -0.369 e. The molecule has 0 radical (unpaired) electrons. The maximum absolute atomic E-state index is 4.73. The van der Waals surface area contributed by atoms with E-state index in [2.05, 4.69) is 32.8 Å². The van der Waals surface area contributed by atoms with Crippen molar-refractivity contribution in [2.75, 3.05) is 37.6 Å². The summed E-state index contributed by atoms with van der Waals surface area (Å²) in [4.78, 5) is 7.14. The summed E-state index contributed by atoms with van der Waals surface area (Å²) in [7, 11) is 0. The number of hydrogen-bond acceptors (Lipinski definition) is 5. The van der Waals surface area contributed by atoms with Crippen LogP contribution in [-0.2, 0) is 6.42 Å². The first-order chi connectivity index (χ1) is 10.9. The van der Waals surface area contributed by atoms with E-state index < -0.39 is 0 Å². The standard InChI is InChI=1S/C16H24N6/c1-2-5-18-13(3-1)11-15-19-16-12-14(4-8-22(16)20-15)21-9-6-17-7-10-21/h4,8,12-13,17-18H,1-3,5-7,9-11H2. The molecule has 2 aromatic heterocycles. The quantitative estimate of drug-likeness (QED) is 0.879. The Morgan fingerprint density at radius 3 is 2.91 bits per heavy atom. The van der Waals surface area contributed by atoms with Crippen molar-refractivity contribution in [3.05, 3.63) is 24.2 Å². The van der Waals surface area contributed by atoms with Crippen LogP contribution in [0.3, 0.4) is 0 Å². The summed E-state index contributed by atoms with van der Waals surface area (Å²) >= 11 is 0. The van der Waals surface area contributed by atoms with Crippen LogP contribution in [0.25, 0.3) is 5.65 Å². The molecule has 2 aromatic rings. The second-order valence-corrected chi connectivity index (χ2v) is 6.30. The third-order valence-corrected chi connectivity index (χ3v) is 4.69. The van der Waals surface area contributed by atoms with Crippen LogP contribution in [0.15, 0.2) is 18.3 Å². The molecule has 0 spiro atoms. The van der Waals surface area contributed by atoms with E-state index in [0.29, 0.717) is 6.04 Å². The molecule has 2 N–H and O–H groups in total. The van der Waals surface area contributed by atoms with Gasteiger partial charge < -0.3 is 15.5 Å². The number of hydrogen-bond donors (Lipinski definition) is 2. The summed E-state index contributed by atoms with van der Waals surface area (Å²) in [6, 6.07) is 4.85. The molecule has 2 aliphatic heterocycles. The lowest BCUT2D eigenvalue weighted by Crippen LogP contribution is -2.43. The predicted octanol–water partition coefficient (Wildman–Crippen LogP) is 0.824. The van der Waals surface area contributed by atoms with Crippen molar-refractivity contribution in [1.82, 2.24) is 25.2 Å². The van der Waals surface area contributed by atoms with Crippen molar-refractivity contribution in [3.8, 4) is 0 Å². The largest absolute Gasteiger partial charge is 0.369 e. The van der Waals surface area contributed by atoms with Crippen molar-refractivity contribution in [2.45, 2.75) is 31.7 Å². The van der Waals surface area contributed by atoms with Crippen molar-refractivity contribution in [2.24, 2.45) is 0 Å². The molecule has 118 valence electrons. The number of pyridine rings is 1. The van der Waals surface area contributed by atoms with Crippen LogP contribution in [0.5, 0.6) is 0 Å². The number of fused-ring (bicyclic) bond motifs is 1. The molecular weight excluding hydrogens is 276 g/mol. The van der Waals surface area contributed by atoms with Gasteiger partial charge in [0.05, 0.1) is 0 Å². The second-order valence-electron chi connectivity index (χ2n) is 6.30. The van der Waals surface area contributed by atoms with Gasteiger partial charge in [-0.2, -0.15) is 5.10 Å². The van der Waals surface area contributed by atoms with Gasteiger partial charge in [-0.15, -0.1) is 0 Å². The summed E-state index contributed by atoms with van der Waals surface area (Å²) < 4.78 is 1.91. The summed E-state index contributed by atoms with van der Waals surface area (Å²) in [6.45, 7) is 5.35. The van der Waals surface area contributed by atoms with Gasteiger partial charge in [0.2, 0.25) is 0 Å². The highest BCUT2D eigenvalue weighted by Gasteiger charge is 2.16. The Labute approximate surface area is 130 Å². The molecule has 1 atom stereocenters. The van der Waals surface area contributed by atoms with Gasteiger partial charge in [0, 0.05) is 56.6 Å². The third-order valence-electron chi connectivity index (χ3n) is 4.69. The first kappa shape index (κ1) is 14.0. The number of piperidine rings is 1. The highest BCUT2D eigenvalue weighted by atomic mass is 15.3. The molecule has 1 unspecified atom stereocenters. The Bertz CT molecular complexity index is 625. The van der Waals surface area contributed by atoms with Gasteiger partial charge in [-0.05, 0) is 25.5 Å². The summed E-state index contributed by atoms with van der Waals surface area (Å²) in [5, 5.41) is 11.6. The first-order valence-corrected chi connectivity index (χ1v) is 8.43. The zero-order valence-corrected chi connectivity index (χ0v) is 13.0. The van der Waals surface area contributed by atoms with E-state index in [-0.39, 0.29) is 0 Å². The number of aromatic nitrogens is 3. The fourth-order valence-electron chi connectivity index (χ4n) is 3.44. The lowest BCUT2D eigenvalue weighted by atomic mass is 10.0. The van der Waals surface area contributed by atoms with Gasteiger partial charge in [0.15, 0.2) is 11.5 Å². The SMILES string of the molecule is c1cn2nc(CC3CCCCN3)nc2cc1N1CCNCC1. The summed E-state index contributed by atoms with van der Waals surface area (Å²) in [6.07, 6.45) is 6.82. The predicted molar refractivity (Wildman–Crippen MR) is 87.4 cm³/mol. The van der Waals surface area contributed by atoms with Gasteiger partial charge in [-0.1, -0.05) is 6.42 Å². The minimum absolute atomic E-state index is 0.541. The van der Waals surface area contributed by atoms with Crippen LogP contribution >= 0.6 is 0 Å². The zero-order valence-electron chi connectivity index (χ0n) is 13.0. The van der Waals surface area contributed by atoms with Gasteiger partial charge >= 0.3 is 0 Å². The molecule has 6 heteroatoms. The average molecular weight is 300 g/mol. The smallest absolute Gasteiger partial charge is 0.157 e. The van der Waals surface area contributed by atoms with Crippen LogP contribution in [0, 0.1) is 0 Å². The fourth-order valence-corrected chi connectivity index (χ4v) is 3.44. The van der Waals surface area contributed by atoms with Crippen LogP contribution in [-0.4, -0.2) is 53.4 Å². The summed E-state index contributed by atoms with van der Waals surface area (Å²) in [5.74, 6) is 0.955. The Morgan fingerprint density at radius 2 is 2.09 bits per heavy atom. The molecule has 2 saturated heterocycles. The molecule has 4 rings (SSSR count). The highest BCUT2D eigenvalue weighted by molar-refractivity contribution is 5.56. The lowest BCUT2D eigenvalue weighted by molar-refractivity contribution is 0.394. The van der Waals surface area contributed by atoms with Gasteiger partial charge in [-0.25, -0.2) is 9.50 Å². The Morgan fingerprint density at radius 1 is 1.18 bits per heavy atom. The van der Waals surface area contributed by atoms with Crippen LogP contribution in [0.2, 0.25) is 0 Å². The number of piperazine rings is 1. The van der Waals surface area contributed by atoms with Crippen LogP contribution in [0.4, 0.5) is 5.69 Å². The molecule has 2 fully saturated rings. The fraction of sp³-hybridized carbons (Fsp3) is 0.625. The number of rotatable bonds is 3. The Balaban J connectivity index is 1.52. The minimum atomic E-state index is 0.541. The molecule has 0 amide bonds. The Kier molecular flexibility index (Phi) is 3.95. The van der Waals surface area contributed by atoms with Crippen molar-refractivity contribution in [1.29, 1.82) is 0 Å². The van der Waals surface area contributed by atoms with Crippen LogP contribution < -0.4 is 15.5 Å². The first-order valence-electron chi connectivity index (χ1n) is 8.43. The van der Waals surface area contributed by atoms with Crippen LogP contribution in [0.1, 0.15) is 25.1 Å². The van der Waals surface area contributed by atoms with Gasteiger partial charge in [0.25, 0.3) is 0 Å². The van der Waals surface area contributed by atoms with E-state index in [0.717, 1.165) is 50.6 Å². The Hall–Kier alpha value is -1.66. The third kappa shape index (κ3) is 2.94. The van der Waals surface area contributed by atoms with Crippen molar-refractivity contribution in [3.63, 3.8) is 0 Å². The van der Waals surface area contributed by atoms with E-state index in [1.807, 2.05) is 10.7 Å². The van der Waals surface area contributed by atoms with Crippen molar-refractivity contribution >= 4 is 11.3 Å². The summed E-state index contributed by atoms with van der Waals surface area (Å²) in [5.41, 5.74) is 2.21. The van der Waals surface area contributed by atoms with E-state index in [1.165, 1.54) is 24.9 Å². The molecule has 0 bridgehead atoms. The normalized spacial score (nSPS) is 23.1. The van der Waals surface area contributed by atoms with E-state index in [1.54, 1.807) is 0 Å². The van der Waals surface area contributed by atoms with Crippen molar-refractivity contribution < 1.29 is 0 Å². The number of nitrogens with zero attached hydrogens (tertiary/aromatic N) is 4. The molecule has 6 nitrogen and oxygen atoms in total. The highest BCUT2D eigenvalue weighted by Crippen LogP contribution is 2.17. The molecule has 0 aliphatic carbocycles. The van der Waals surface area contributed by atoms with Gasteiger partial charge in [-0.3, -0.25) is 0 Å². The molecule has 0 saturated carbocycles. The van der Waals surface area contributed by atoms with Gasteiger partial charge in [0.1, 0.15) is 0 Å². The molecule has 2 aliphatic rings. The van der Waals surface area contributed by atoms with E-state index in [4.69, 9.17) is 4.98 Å². The number of nitrogens with one attached hydrogen (secondary N) is 2. The maximum Gasteiger partial charge on any atom is 0.157 e. The number of anilines is 1. The molecule has 4 heterocycles. The average Bonchev–Trinajstić information content (AvgIpc) is 2.98. The second kappa shape index (κ2) is 6.22. The molecular formula is C16H24N6. The molecule has 0 aromatic carbocycles. The maximum atomic E-state index is 4.73. The molecule has 22 heavy (non-hydrogen) atoms. The van der Waals surface area contributed by atoms with E-state index >= 15 is 0 Å².